The molecular weight excluding hydrogens is 455 g/mol. The molecule has 163 valence electrons. The van der Waals surface area contributed by atoms with Gasteiger partial charge in [0.15, 0.2) is 0 Å². The summed E-state index contributed by atoms with van der Waals surface area (Å²) >= 11 is 0. The number of rotatable bonds is 2. The van der Waals surface area contributed by atoms with Crippen molar-refractivity contribution in [3.8, 4) is 22.8 Å². The van der Waals surface area contributed by atoms with E-state index in [9.17, 15) is 0 Å². The van der Waals surface area contributed by atoms with Gasteiger partial charge in [-0.05, 0) is 0 Å². The first-order chi connectivity index (χ1) is 14.4. The summed E-state index contributed by atoms with van der Waals surface area (Å²) < 4.78 is 0. The van der Waals surface area contributed by atoms with Crippen LogP contribution in [0.5, 0.6) is 0 Å². The van der Waals surface area contributed by atoms with Crippen molar-refractivity contribution in [3.63, 3.8) is 0 Å². The summed E-state index contributed by atoms with van der Waals surface area (Å²) in [5.41, 5.74) is 2.25. The molecule has 2 N–H and O–H groups in total. The average molecular weight is 471 g/mol. The second kappa shape index (κ2) is 15.7. The van der Waals surface area contributed by atoms with Gasteiger partial charge in [0.1, 0.15) is 11.6 Å². The van der Waals surface area contributed by atoms with Gasteiger partial charge in [-0.2, -0.15) is 0 Å². The van der Waals surface area contributed by atoms with Gasteiger partial charge in [-0.15, -0.1) is 0 Å². The second-order valence-corrected chi connectivity index (χ2v) is 5.05. The summed E-state index contributed by atoms with van der Waals surface area (Å²) in [6.45, 7) is 0. The van der Waals surface area contributed by atoms with E-state index in [0.717, 1.165) is 22.8 Å². The molecule has 31 heavy (non-hydrogen) atoms. The Morgan fingerprint density at radius 3 is 1.13 bits per heavy atom. The molecule has 2 aromatic carbocycles. The van der Waals surface area contributed by atoms with Crippen LogP contribution < -0.4 is 0 Å². The molecule has 0 saturated heterocycles. The van der Waals surface area contributed by atoms with Gasteiger partial charge >= 0.3 is 16.8 Å². The molecule has 0 atom stereocenters. The van der Waals surface area contributed by atoms with Crippen LogP contribution in [0.25, 0.3) is 22.8 Å². The van der Waals surface area contributed by atoms with Gasteiger partial charge in [0.05, 0.1) is 10.2 Å². The van der Waals surface area contributed by atoms with Crippen LogP contribution in [0.15, 0.2) is 85.5 Å². The van der Waals surface area contributed by atoms with Crippen molar-refractivity contribution in [1.29, 1.82) is 0 Å². The third-order valence-corrected chi connectivity index (χ3v) is 3.09. The first kappa shape index (κ1) is 26.8. The number of aromatic nitrogens is 4. The molecule has 12 nitrogen and oxygen atoms in total. The molecule has 4 rings (SSSR count). The van der Waals surface area contributed by atoms with Crippen LogP contribution in [0.4, 0.5) is 0 Å². The first-order valence-electron chi connectivity index (χ1n) is 8.12. The third kappa shape index (κ3) is 12.8. The average Bonchev–Trinajstić information content (AvgIpc) is 3.43. The predicted molar refractivity (Wildman–Crippen MR) is 109 cm³/mol. The molecule has 0 unspecified atom stereocenters. The normalized spacial score (nSPS) is 8.52. The number of H-pyrrole nitrogens is 2. The smallest absolute Gasteiger partial charge is 0.356 e. The molecule has 0 saturated carbocycles. The summed E-state index contributed by atoms with van der Waals surface area (Å²) in [6, 6.07) is 20.1. The van der Waals surface area contributed by atoms with Crippen LogP contribution in [0.3, 0.4) is 0 Å². The van der Waals surface area contributed by atoms with E-state index in [1.807, 2.05) is 73.1 Å². The Morgan fingerprint density at radius 2 is 0.903 bits per heavy atom. The quantitative estimate of drug-likeness (QED) is 0.327. The zero-order valence-electron chi connectivity index (χ0n) is 15.7. The van der Waals surface area contributed by atoms with Crippen molar-refractivity contribution in [3.05, 3.63) is 116 Å². The number of aromatic amines is 2. The Kier molecular flexibility index (Phi) is 13.5. The topological polar surface area (TPSA) is 190 Å². The number of hydrogen-bond donors (Lipinski definition) is 2. The molecule has 0 bridgehead atoms. The van der Waals surface area contributed by atoms with E-state index < -0.39 is 10.2 Å². The Hall–Kier alpha value is -4.23. The molecular formula is C18H16CoN6O6. The minimum absolute atomic E-state index is 0. The maximum Gasteiger partial charge on any atom is 2.00 e. The van der Waals surface area contributed by atoms with Gasteiger partial charge in [-0.25, -0.2) is 9.97 Å². The minimum atomic E-state index is -1.75. The van der Waals surface area contributed by atoms with Gasteiger partial charge in [0.2, 0.25) is 0 Å². The molecule has 2 aromatic heterocycles. The Bertz CT molecular complexity index is 880. The number of hydrogen-bond acceptors (Lipinski definition) is 8. The predicted octanol–water partition coefficient (Wildman–Crippen LogP) is 3.67. The Morgan fingerprint density at radius 1 is 0.613 bits per heavy atom. The van der Waals surface area contributed by atoms with Crippen LogP contribution in [0.1, 0.15) is 0 Å². The molecule has 2 heterocycles. The van der Waals surface area contributed by atoms with Crippen molar-refractivity contribution in [1.82, 2.24) is 19.9 Å². The maximum absolute atomic E-state index is 8.25. The third-order valence-electron chi connectivity index (χ3n) is 3.09. The molecule has 1 radical (unpaired) electrons. The number of nitrogens with one attached hydrogen (secondary N) is 2. The van der Waals surface area contributed by atoms with Crippen molar-refractivity contribution >= 4 is 0 Å². The van der Waals surface area contributed by atoms with E-state index in [1.54, 1.807) is 12.4 Å². The van der Waals surface area contributed by atoms with Crippen LogP contribution in [-0.2, 0) is 16.8 Å². The van der Waals surface area contributed by atoms with Gasteiger partial charge in [-0.3, -0.25) is 0 Å². The van der Waals surface area contributed by atoms with E-state index >= 15 is 0 Å². The molecule has 4 aromatic rings. The number of benzene rings is 2. The second-order valence-electron chi connectivity index (χ2n) is 5.05. The van der Waals surface area contributed by atoms with Gasteiger partial charge in [-0.1, -0.05) is 60.7 Å². The Balaban J connectivity index is 0.000000427. The molecule has 0 amide bonds. The van der Waals surface area contributed by atoms with Crippen LogP contribution >= 0.6 is 0 Å². The fourth-order valence-electron chi connectivity index (χ4n) is 2.04. The van der Waals surface area contributed by atoms with E-state index in [2.05, 4.69) is 19.9 Å². The zero-order valence-corrected chi connectivity index (χ0v) is 16.7. The number of nitrogens with zero attached hydrogens (tertiary/aromatic N) is 4. The summed E-state index contributed by atoms with van der Waals surface area (Å²) in [5.74, 6) is 1.84. The van der Waals surface area contributed by atoms with Crippen molar-refractivity contribution in [2.24, 2.45) is 0 Å². The number of imidazole rings is 2. The fraction of sp³-hybridized carbons (Fsp3) is 0. The fourth-order valence-corrected chi connectivity index (χ4v) is 2.04. The first-order valence-corrected chi connectivity index (χ1v) is 8.12. The SMILES string of the molecule is O=[N+]([O-])[O-].O=[N+]([O-])[O-].[Co+2].c1ccc(-c2ncc[nH]2)cc1.c1ccc(-c2ncc[nH]2)cc1. The summed E-state index contributed by atoms with van der Waals surface area (Å²) in [6.07, 6.45) is 7.15. The van der Waals surface area contributed by atoms with Crippen LogP contribution in [-0.4, -0.2) is 30.1 Å². The molecule has 0 aliphatic carbocycles. The van der Waals surface area contributed by atoms with Crippen molar-refractivity contribution in [2.75, 3.05) is 0 Å². The van der Waals surface area contributed by atoms with Crippen LogP contribution in [0.2, 0.25) is 0 Å². The largest absolute Gasteiger partial charge is 2.00 e. The zero-order chi connectivity index (χ0) is 22.2. The van der Waals surface area contributed by atoms with Gasteiger partial charge in [0.25, 0.3) is 0 Å². The van der Waals surface area contributed by atoms with Gasteiger partial charge < -0.3 is 40.6 Å². The van der Waals surface area contributed by atoms with Crippen LogP contribution in [0, 0.1) is 30.6 Å². The van der Waals surface area contributed by atoms with E-state index in [4.69, 9.17) is 30.6 Å². The minimum Gasteiger partial charge on any atom is -0.356 e. The molecule has 0 spiro atoms. The van der Waals surface area contributed by atoms with E-state index in [-0.39, 0.29) is 16.8 Å². The Labute approximate surface area is 186 Å². The molecule has 0 aliphatic heterocycles. The molecule has 0 aliphatic rings. The van der Waals surface area contributed by atoms with E-state index in [0.29, 0.717) is 0 Å². The standard InChI is InChI=1S/2C9H8N2.Co.2NO3/c2*1-2-4-8(5-3-1)9-10-6-7-11-9;;2*2-1(3)4/h2*1-7H,(H,10,11);;;/q;;+2;2*-1. The molecule has 0 fully saturated rings. The molecule has 13 heteroatoms. The summed E-state index contributed by atoms with van der Waals surface area (Å²) in [5, 5.41) is 29.5. The van der Waals surface area contributed by atoms with Crippen molar-refractivity contribution in [2.45, 2.75) is 0 Å². The van der Waals surface area contributed by atoms with Gasteiger partial charge in [0, 0.05) is 35.9 Å². The maximum atomic E-state index is 8.25. The monoisotopic (exact) mass is 471 g/mol. The van der Waals surface area contributed by atoms with E-state index in [1.165, 1.54) is 0 Å². The summed E-state index contributed by atoms with van der Waals surface area (Å²) in [7, 11) is 0. The summed E-state index contributed by atoms with van der Waals surface area (Å²) in [4.78, 5) is 30.8. The van der Waals surface area contributed by atoms with Crippen molar-refractivity contribution < 1.29 is 27.0 Å².